The number of carbonyl (C=O) groups is 1. The molecule has 2 heterocycles. The van der Waals surface area contributed by atoms with E-state index in [-0.39, 0.29) is 17.6 Å². The lowest BCUT2D eigenvalue weighted by molar-refractivity contribution is -0.138. The van der Waals surface area contributed by atoms with E-state index in [1.807, 2.05) is 19.1 Å². The first-order chi connectivity index (χ1) is 17.8. The maximum absolute atomic E-state index is 13.2. The van der Waals surface area contributed by atoms with E-state index in [2.05, 4.69) is 15.3 Å². The average molecular weight is 530 g/mol. The monoisotopic (exact) mass is 529 g/mol. The molecule has 0 saturated heterocycles. The molecule has 0 aliphatic heterocycles. The van der Waals surface area contributed by atoms with Gasteiger partial charge in [-0.05, 0) is 57.0 Å². The number of pyridine rings is 2. The Morgan fingerprint density at radius 2 is 1.84 bits per heavy atom. The Morgan fingerprint density at radius 3 is 2.39 bits per heavy atom. The summed E-state index contributed by atoms with van der Waals surface area (Å²) in [5.41, 5.74) is 5.48. The molecule has 202 valence electrons. The minimum Gasteiger partial charge on any atom is -0.495 e. The lowest BCUT2D eigenvalue weighted by Gasteiger charge is -2.30. The number of amidine groups is 1. The van der Waals surface area contributed by atoms with Crippen LogP contribution in [0.2, 0.25) is 0 Å². The highest BCUT2D eigenvalue weighted by Crippen LogP contribution is 2.30. The molecule has 8 nitrogen and oxygen atoms in total. The first-order valence-electron chi connectivity index (χ1n) is 11.8. The molecule has 2 unspecified atom stereocenters. The van der Waals surface area contributed by atoms with Gasteiger partial charge >= 0.3 is 6.18 Å². The average Bonchev–Trinajstić information content (AvgIpc) is 2.87. The molecule has 0 fully saturated rings. The van der Waals surface area contributed by atoms with Gasteiger partial charge in [-0.2, -0.15) is 13.2 Å². The van der Waals surface area contributed by atoms with Crippen molar-refractivity contribution in [1.29, 1.82) is 5.41 Å². The van der Waals surface area contributed by atoms with Crippen LogP contribution in [-0.4, -0.2) is 40.5 Å². The number of nitrogens with two attached hydrogens (primary N) is 1. The van der Waals surface area contributed by atoms with Crippen molar-refractivity contribution in [3.05, 3.63) is 83.3 Å². The number of nitrogen functional groups attached to an aromatic ring is 1. The molecule has 1 amide bonds. The number of ether oxygens (including phenoxy) is 2. The first-order valence-corrected chi connectivity index (χ1v) is 11.8. The van der Waals surface area contributed by atoms with Crippen molar-refractivity contribution >= 4 is 11.7 Å². The SMILES string of the molecule is COc1ccc(CC(c2cccc(C(=N)N)c2)C(C)NC(=O)C(C)(C)Oc2ccc(C(F)(F)F)cn2)nc1. The van der Waals surface area contributed by atoms with Crippen molar-refractivity contribution in [2.45, 2.75) is 50.9 Å². The lowest BCUT2D eigenvalue weighted by atomic mass is 9.86. The zero-order chi connectivity index (χ0) is 28.1. The molecular formula is C27H30F3N5O3. The molecule has 2 atom stereocenters. The molecular weight excluding hydrogens is 499 g/mol. The number of hydrogen-bond donors (Lipinski definition) is 3. The number of halogens is 3. The molecule has 1 aromatic carbocycles. The fourth-order valence-corrected chi connectivity index (χ4v) is 3.80. The van der Waals surface area contributed by atoms with Gasteiger partial charge in [0.1, 0.15) is 11.6 Å². The minimum atomic E-state index is -4.53. The van der Waals surface area contributed by atoms with E-state index in [9.17, 15) is 18.0 Å². The maximum atomic E-state index is 13.2. The third-order valence-corrected chi connectivity index (χ3v) is 6.02. The largest absolute Gasteiger partial charge is 0.495 e. The number of nitrogens with one attached hydrogen (secondary N) is 2. The Kier molecular flexibility index (Phi) is 8.60. The van der Waals surface area contributed by atoms with Crippen LogP contribution in [0.3, 0.4) is 0 Å². The maximum Gasteiger partial charge on any atom is 0.417 e. The van der Waals surface area contributed by atoms with Gasteiger partial charge in [0.15, 0.2) is 5.60 Å². The summed E-state index contributed by atoms with van der Waals surface area (Å²) in [6.07, 6.45) is -1.81. The number of alkyl halides is 3. The molecule has 0 saturated carbocycles. The minimum absolute atomic E-state index is 0.0802. The van der Waals surface area contributed by atoms with Gasteiger partial charge < -0.3 is 20.5 Å². The molecule has 3 aromatic rings. The quantitative estimate of drug-likeness (QED) is 0.263. The Bertz CT molecular complexity index is 1260. The molecule has 0 aliphatic rings. The van der Waals surface area contributed by atoms with Crippen LogP contribution in [0.5, 0.6) is 11.6 Å². The normalized spacial score (nSPS) is 13.3. The number of amides is 1. The molecule has 0 bridgehead atoms. The van der Waals surface area contributed by atoms with Gasteiger partial charge in [0, 0.05) is 35.5 Å². The summed E-state index contributed by atoms with van der Waals surface area (Å²) in [6.45, 7) is 4.84. The van der Waals surface area contributed by atoms with E-state index in [4.69, 9.17) is 20.6 Å². The predicted molar refractivity (Wildman–Crippen MR) is 136 cm³/mol. The topological polar surface area (TPSA) is 123 Å². The Morgan fingerprint density at radius 1 is 1.11 bits per heavy atom. The highest BCUT2D eigenvalue weighted by atomic mass is 19.4. The van der Waals surface area contributed by atoms with Crippen molar-refractivity contribution in [3.8, 4) is 11.6 Å². The van der Waals surface area contributed by atoms with E-state index < -0.39 is 29.3 Å². The van der Waals surface area contributed by atoms with Crippen molar-refractivity contribution in [1.82, 2.24) is 15.3 Å². The van der Waals surface area contributed by atoms with E-state index >= 15 is 0 Å². The van der Waals surface area contributed by atoms with Crippen LogP contribution < -0.4 is 20.5 Å². The van der Waals surface area contributed by atoms with Crippen LogP contribution in [0.15, 0.2) is 60.9 Å². The fraction of sp³-hybridized carbons (Fsp3) is 0.333. The molecule has 3 rings (SSSR count). The molecule has 0 spiro atoms. The number of carbonyl (C=O) groups excluding carboxylic acids is 1. The summed E-state index contributed by atoms with van der Waals surface area (Å²) in [5.74, 6) is -0.329. The standard InChI is InChI=1S/C27H30F3N5O3/c1-16(35-25(36)26(2,3)38-23-11-8-19(14-34-23)27(28,29)30)22(13-20-9-10-21(37-4)15-33-20)17-6-5-7-18(12-17)24(31)32/h5-12,14-16,22H,13H2,1-4H3,(H3,31,32)(H,35,36). The van der Waals surface area contributed by atoms with Crippen LogP contribution in [0.4, 0.5) is 13.2 Å². The Labute approximate surface area is 218 Å². The summed E-state index contributed by atoms with van der Waals surface area (Å²) in [5, 5.41) is 10.7. The van der Waals surface area contributed by atoms with Gasteiger partial charge in [0.25, 0.3) is 5.91 Å². The van der Waals surface area contributed by atoms with Crippen LogP contribution in [0, 0.1) is 5.41 Å². The lowest BCUT2D eigenvalue weighted by Crippen LogP contribution is -2.51. The third-order valence-electron chi connectivity index (χ3n) is 6.02. The molecule has 0 radical (unpaired) electrons. The zero-order valence-corrected chi connectivity index (χ0v) is 21.5. The van der Waals surface area contributed by atoms with Crippen molar-refractivity contribution in [2.75, 3.05) is 7.11 Å². The number of rotatable bonds is 10. The van der Waals surface area contributed by atoms with E-state index in [1.54, 1.807) is 37.6 Å². The van der Waals surface area contributed by atoms with Crippen molar-refractivity contribution < 1.29 is 27.4 Å². The molecule has 0 aliphatic carbocycles. The number of hydrogen-bond acceptors (Lipinski definition) is 6. The number of aromatic nitrogens is 2. The summed E-state index contributed by atoms with van der Waals surface area (Å²) >= 11 is 0. The zero-order valence-electron chi connectivity index (χ0n) is 21.5. The summed E-state index contributed by atoms with van der Waals surface area (Å²) in [7, 11) is 1.55. The number of nitrogens with zero attached hydrogens (tertiary/aromatic N) is 2. The van der Waals surface area contributed by atoms with Crippen LogP contribution in [-0.2, 0) is 17.4 Å². The number of methoxy groups -OCH3 is 1. The van der Waals surface area contributed by atoms with Crippen molar-refractivity contribution in [2.24, 2.45) is 5.73 Å². The van der Waals surface area contributed by atoms with E-state index in [1.165, 1.54) is 13.8 Å². The molecule has 4 N–H and O–H groups in total. The van der Waals surface area contributed by atoms with Gasteiger partial charge in [0.2, 0.25) is 5.88 Å². The van der Waals surface area contributed by atoms with Gasteiger partial charge in [-0.15, -0.1) is 0 Å². The van der Waals surface area contributed by atoms with E-state index in [0.717, 1.165) is 23.4 Å². The second kappa shape index (κ2) is 11.5. The Hall–Kier alpha value is -4.15. The second-order valence-electron chi connectivity index (χ2n) is 9.30. The second-order valence-corrected chi connectivity index (χ2v) is 9.30. The first kappa shape index (κ1) is 28.4. The smallest absolute Gasteiger partial charge is 0.417 e. The van der Waals surface area contributed by atoms with Crippen LogP contribution in [0.1, 0.15) is 49.1 Å². The molecule has 11 heteroatoms. The highest BCUT2D eigenvalue weighted by molar-refractivity contribution is 5.95. The summed E-state index contributed by atoms with van der Waals surface area (Å²) in [4.78, 5) is 21.4. The third kappa shape index (κ3) is 7.21. The van der Waals surface area contributed by atoms with E-state index in [0.29, 0.717) is 23.9 Å². The summed E-state index contributed by atoms with van der Waals surface area (Å²) in [6, 6.07) is 12.3. The molecule has 38 heavy (non-hydrogen) atoms. The molecule has 2 aromatic heterocycles. The Balaban J connectivity index is 1.81. The predicted octanol–water partition coefficient (Wildman–Crippen LogP) is 4.48. The van der Waals surface area contributed by atoms with Crippen LogP contribution >= 0.6 is 0 Å². The van der Waals surface area contributed by atoms with Gasteiger partial charge in [-0.25, -0.2) is 4.98 Å². The fourth-order valence-electron chi connectivity index (χ4n) is 3.80. The van der Waals surface area contributed by atoms with Gasteiger partial charge in [-0.1, -0.05) is 18.2 Å². The van der Waals surface area contributed by atoms with Gasteiger partial charge in [-0.3, -0.25) is 15.2 Å². The van der Waals surface area contributed by atoms with Crippen molar-refractivity contribution in [3.63, 3.8) is 0 Å². The summed E-state index contributed by atoms with van der Waals surface area (Å²) < 4.78 is 49.3. The highest BCUT2D eigenvalue weighted by Gasteiger charge is 2.35. The number of benzene rings is 1. The van der Waals surface area contributed by atoms with Gasteiger partial charge in [0.05, 0.1) is 18.9 Å². The van der Waals surface area contributed by atoms with Crippen LogP contribution in [0.25, 0.3) is 0 Å².